The van der Waals surface area contributed by atoms with E-state index in [1.807, 2.05) is 17.9 Å². The van der Waals surface area contributed by atoms with Crippen molar-refractivity contribution >= 4 is 22.3 Å². The molecule has 8 heteroatoms. The van der Waals surface area contributed by atoms with Crippen molar-refractivity contribution in [1.29, 1.82) is 0 Å². The highest BCUT2D eigenvalue weighted by Gasteiger charge is 2.35. The van der Waals surface area contributed by atoms with Gasteiger partial charge in [-0.1, -0.05) is 0 Å². The lowest BCUT2D eigenvalue weighted by atomic mass is 9.97. The third-order valence-corrected chi connectivity index (χ3v) is 4.12. The lowest BCUT2D eigenvalue weighted by molar-refractivity contribution is -0.382. The number of nitrogens with one attached hydrogen (secondary N) is 1. The van der Waals surface area contributed by atoms with Crippen LogP contribution in [0.2, 0.25) is 0 Å². The minimum atomic E-state index is -0.330. The third kappa shape index (κ3) is 2.19. The van der Waals surface area contributed by atoms with Crippen molar-refractivity contribution in [3.8, 4) is 0 Å². The topological polar surface area (TPSA) is 101 Å². The number of hydrogen-bond donors (Lipinski definition) is 1. The molecule has 23 heavy (non-hydrogen) atoms. The van der Waals surface area contributed by atoms with Gasteiger partial charge < -0.3 is 4.90 Å². The van der Waals surface area contributed by atoms with Gasteiger partial charge in [0.15, 0.2) is 5.82 Å². The van der Waals surface area contributed by atoms with E-state index in [9.17, 15) is 10.1 Å². The first-order valence-corrected chi connectivity index (χ1v) is 7.29. The Labute approximate surface area is 131 Å². The van der Waals surface area contributed by atoms with Crippen molar-refractivity contribution < 1.29 is 4.92 Å². The van der Waals surface area contributed by atoms with Crippen LogP contribution in [0.15, 0.2) is 30.5 Å². The van der Waals surface area contributed by atoms with E-state index in [4.69, 9.17) is 0 Å². The number of aromatic nitrogens is 4. The van der Waals surface area contributed by atoms with Crippen LogP contribution in [0.1, 0.15) is 17.6 Å². The zero-order valence-corrected chi connectivity index (χ0v) is 12.4. The van der Waals surface area contributed by atoms with Gasteiger partial charge in [0.25, 0.3) is 0 Å². The van der Waals surface area contributed by atoms with Gasteiger partial charge in [0, 0.05) is 19.3 Å². The molecule has 1 N–H and O–H groups in total. The molecule has 0 radical (unpaired) electrons. The zero-order chi connectivity index (χ0) is 16.0. The first-order chi connectivity index (χ1) is 11.1. The number of aryl methyl sites for hydroxylation is 1. The first-order valence-electron chi connectivity index (χ1n) is 7.29. The average molecular weight is 310 g/mol. The fraction of sp³-hybridized carbons (Fsp3) is 0.267. The Kier molecular flexibility index (Phi) is 2.97. The van der Waals surface area contributed by atoms with E-state index in [-0.39, 0.29) is 16.5 Å². The van der Waals surface area contributed by atoms with Crippen LogP contribution in [0.4, 0.5) is 11.4 Å². The van der Waals surface area contributed by atoms with Gasteiger partial charge in [-0.3, -0.25) is 20.2 Å². The molecule has 2 aromatic heterocycles. The van der Waals surface area contributed by atoms with E-state index in [0.717, 1.165) is 11.6 Å². The molecule has 8 nitrogen and oxygen atoms in total. The van der Waals surface area contributed by atoms with Gasteiger partial charge in [-0.05, 0) is 31.2 Å². The molecule has 1 aromatic carbocycles. The van der Waals surface area contributed by atoms with Crippen LogP contribution in [0.5, 0.6) is 0 Å². The van der Waals surface area contributed by atoms with Gasteiger partial charge in [0.2, 0.25) is 0 Å². The number of nitro groups is 1. The molecule has 0 aliphatic carbocycles. The second-order valence-electron chi connectivity index (χ2n) is 5.64. The average Bonchev–Trinajstić information content (AvgIpc) is 2.91. The van der Waals surface area contributed by atoms with Gasteiger partial charge in [-0.15, -0.1) is 0 Å². The lowest BCUT2D eigenvalue weighted by Gasteiger charge is -2.39. The molecule has 0 spiro atoms. The molecule has 0 saturated carbocycles. The fourth-order valence-electron chi connectivity index (χ4n) is 2.95. The summed E-state index contributed by atoms with van der Waals surface area (Å²) in [6.45, 7) is 3.20. The number of fused-ring (bicyclic) bond motifs is 1. The van der Waals surface area contributed by atoms with E-state index in [2.05, 4.69) is 20.2 Å². The van der Waals surface area contributed by atoms with Crippen LogP contribution in [0.25, 0.3) is 10.9 Å². The smallest absolute Gasteiger partial charge is 0.301 e. The maximum atomic E-state index is 11.6. The van der Waals surface area contributed by atoms with Crippen LogP contribution in [0, 0.1) is 17.0 Å². The zero-order valence-electron chi connectivity index (χ0n) is 12.4. The molecule has 1 fully saturated rings. The minimum absolute atomic E-state index is 0.111. The Bertz CT molecular complexity index is 900. The number of benzene rings is 1. The Morgan fingerprint density at radius 2 is 2.17 bits per heavy atom. The molecule has 3 aromatic rings. The summed E-state index contributed by atoms with van der Waals surface area (Å²) >= 11 is 0. The van der Waals surface area contributed by atoms with Crippen molar-refractivity contribution in [2.45, 2.75) is 12.8 Å². The molecular formula is C15H14N6O2. The predicted molar refractivity (Wildman–Crippen MR) is 84.5 cm³/mol. The van der Waals surface area contributed by atoms with Gasteiger partial charge >= 0.3 is 5.69 Å². The molecule has 4 rings (SSSR count). The highest BCUT2D eigenvalue weighted by Crippen LogP contribution is 2.39. The van der Waals surface area contributed by atoms with Crippen LogP contribution in [-0.2, 0) is 0 Å². The normalized spacial score (nSPS) is 14.9. The van der Waals surface area contributed by atoms with Gasteiger partial charge in [-0.2, -0.15) is 5.10 Å². The monoisotopic (exact) mass is 310 g/mol. The van der Waals surface area contributed by atoms with Gasteiger partial charge in [0.05, 0.1) is 21.7 Å². The van der Waals surface area contributed by atoms with Crippen molar-refractivity contribution in [3.63, 3.8) is 0 Å². The Morgan fingerprint density at radius 3 is 2.87 bits per heavy atom. The van der Waals surface area contributed by atoms with Crippen molar-refractivity contribution in [2.24, 2.45) is 0 Å². The number of hydrogen-bond acceptors (Lipinski definition) is 6. The molecule has 1 saturated heterocycles. The summed E-state index contributed by atoms with van der Waals surface area (Å²) in [4.78, 5) is 21.7. The molecule has 116 valence electrons. The molecule has 0 bridgehead atoms. The predicted octanol–water partition coefficient (Wildman–Crippen LogP) is 2.17. The summed E-state index contributed by atoms with van der Waals surface area (Å²) < 4.78 is 0. The third-order valence-electron chi connectivity index (χ3n) is 4.12. The Hall–Kier alpha value is -3.03. The lowest BCUT2D eigenvalue weighted by Crippen LogP contribution is -2.45. The summed E-state index contributed by atoms with van der Waals surface area (Å²) in [5.41, 5.74) is 1.36. The number of pyridine rings is 1. The van der Waals surface area contributed by atoms with Gasteiger partial charge in [0.1, 0.15) is 11.5 Å². The molecule has 0 amide bonds. The van der Waals surface area contributed by atoms with Gasteiger partial charge in [-0.25, -0.2) is 4.98 Å². The number of nitrogens with zero attached hydrogens (tertiary/aromatic N) is 5. The highest BCUT2D eigenvalue weighted by molar-refractivity contribution is 5.94. The summed E-state index contributed by atoms with van der Waals surface area (Å²) in [6, 6.07) is 7.04. The van der Waals surface area contributed by atoms with E-state index < -0.39 is 0 Å². The maximum absolute atomic E-state index is 11.6. The summed E-state index contributed by atoms with van der Waals surface area (Å²) in [6.07, 6.45) is 1.64. The second kappa shape index (κ2) is 5.01. The summed E-state index contributed by atoms with van der Waals surface area (Å²) in [7, 11) is 0. The molecule has 1 aliphatic rings. The number of rotatable bonds is 3. The van der Waals surface area contributed by atoms with E-state index >= 15 is 0 Å². The maximum Gasteiger partial charge on any atom is 0.301 e. The fourth-order valence-corrected chi connectivity index (χ4v) is 2.95. The number of H-pyrrole nitrogens is 1. The van der Waals surface area contributed by atoms with E-state index in [0.29, 0.717) is 29.7 Å². The van der Waals surface area contributed by atoms with Crippen LogP contribution in [-0.4, -0.2) is 38.2 Å². The first kappa shape index (κ1) is 13.6. The van der Waals surface area contributed by atoms with E-state index in [1.165, 1.54) is 0 Å². The quantitative estimate of drug-likeness (QED) is 0.587. The van der Waals surface area contributed by atoms with Crippen LogP contribution in [0.3, 0.4) is 0 Å². The van der Waals surface area contributed by atoms with Crippen LogP contribution >= 0.6 is 0 Å². The largest absolute Gasteiger partial charge is 0.364 e. The van der Waals surface area contributed by atoms with Crippen molar-refractivity contribution in [1.82, 2.24) is 20.2 Å². The number of aromatic amines is 1. The SMILES string of the molecule is Cc1nc(C2CN(c3ccc4ncccc4c3[N+](=O)[O-])C2)n[nH]1. The van der Waals surface area contributed by atoms with Crippen molar-refractivity contribution in [2.75, 3.05) is 18.0 Å². The molecule has 0 atom stereocenters. The summed E-state index contributed by atoms with van der Waals surface area (Å²) in [5.74, 6) is 1.74. The van der Waals surface area contributed by atoms with E-state index in [1.54, 1.807) is 24.4 Å². The summed E-state index contributed by atoms with van der Waals surface area (Å²) in [5, 5.41) is 19.1. The highest BCUT2D eigenvalue weighted by atomic mass is 16.6. The van der Waals surface area contributed by atoms with Crippen molar-refractivity contribution in [3.05, 3.63) is 52.2 Å². The molecule has 3 heterocycles. The number of nitro benzene ring substituents is 1. The Balaban J connectivity index is 1.68. The molecule has 0 unspecified atom stereocenters. The molecular weight excluding hydrogens is 296 g/mol. The Morgan fingerprint density at radius 1 is 1.35 bits per heavy atom. The molecule has 1 aliphatic heterocycles. The second-order valence-corrected chi connectivity index (χ2v) is 5.64. The number of anilines is 1. The standard InChI is InChI=1S/C15H14N6O2/c1-9-17-15(19-18-9)10-7-20(8-10)13-5-4-12-11(3-2-6-16-12)14(13)21(22)23/h2-6,10H,7-8H2,1H3,(H,17,18,19). The van der Waals surface area contributed by atoms with Crippen LogP contribution < -0.4 is 4.90 Å². The minimum Gasteiger partial charge on any atom is -0.364 e.